The fourth-order valence-electron chi connectivity index (χ4n) is 0.821. The van der Waals surface area contributed by atoms with Crippen molar-refractivity contribution in [3.05, 3.63) is 0 Å². The lowest BCUT2D eigenvalue weighted by atomic mass is 9.89. The van der Waals surface area contributed by atoms with Crippen LogP contribution >= 0.6 is 0 Å². The van der Waals surface area contributed by atoms with Gasteiger partial charge in [-0.1, -0.05) is 20.8 Å². The van der Waals surface area contributed by atoms with Crippen LogP contribution in [0, 0.1) is 5.41 Å². The third-order valence-corrected chi connectivity index (χ3v) is 3.65. The van der Waals surface area contributed by atoms with Crippen LogP contribution in [0.25, 0.3) is 0 Å². The lowest BCUT2D eigenvalue weighted by Gasteiger charge is -2.26. The zero-order chi connectivity index (χ0) is 12.3. The molecule has 0 aliphatic carbocycles. The monoisotopic (exact) mass is 237 g/mol. The van der Waals surface area contributed by atoms with E-state index in [1.54, 1.807) is 0 Å². The highest BCUT2D eigenvalue weighted by atomic mass is 32.2. The van der Waals surface area contributed by atoms with Gasteiger partial charge in [-0.2, -0.15) is 0 Å². The Labute approximate surface area is 90.9 Å². The second-order valence-electron chi connectivity index (χ2n) is 4.60. The van der Waals surface area contributed by atoms with E-state index < -0.39 is 27.6 Å². The minimum Gasteiger partial charge on any atom is -0.468 e. The maximum absolute atomic E-state index is 11.5. The summed E-state index contributed by atoms with van der Waals surface area (Å²) in [6.45, 7) is 5.56. The lowest BCUT2D eigenvalue weighted by molar-refractivity contribution is -0.137. The van der Waals surface area contributed by atoms with E-state index in [4.69, 9.17) is 5.73 Å². The molecule has 0 aliphatic heterocycles. The Bertz CT molecular complexity index is 315. The molecule has 0 aromatic carbocycles. The summed E-state index contributed by atoms with van der Waals surface area (Å²) in [6, 6.07) is -0.493. The van der Waals surface area contributed by atoms with Gasteiger partial charge in [0.05, 0.1) is 12.9 Å². The number of nitrogens with two attached hydrogens (primary N) is 1. The molecule has 0 aromatic heterocycles. The molecule has 15 heavy (non-hydrogen) atoms. The Hall–Kier alpha value is -0.620. The van der Waals surface area contributed by atoms with Crippen LogP contribution in [-0.2, 0) is 19.4 Å². The van der Waals surface area contributed by atoms with Crippen molar-refractivity contribution in [3.63, 3.8) is 0 Å². The number of methoxy groups -OCH3 is 1. The number of ether oxygens (including phenoxy) is 1. The van der Waals surface area contributed by atoms with Gasteiger partial charge in [0.25, 0.3) is 0 Å². The zero-order valence-electron chi connectivity index (χ0n) is 9.61. The van der Waals surface area contributed by atoms with Crippen LogP contribution in [0.1, 0.15) is 20.8 Å². The molecular weight excluding hydrogens is 218 g/mol. The smallest absolute Gasteiger partial charge is 0.320 e. The first-order valence-corrected chi connectivity index (χ1v) is 6.43. The highest BCUT2D eigenvalue weighted by Crippen LogP contribution is 2.18. The van der Waals surface area contributed by atoms with Gasteiger partial charge in [0.2, 0.25) is 0 Å². The molecular formula is C9H19NO4S. The minimum atomic E-state index is -3.47. The first-order valence-electron chi connectivity index (χ1n) is 4.61. The van der Waals surface area contributed by atoms with Gasteiger partial charge in [0, 0.05) is 6.04 Å². The summed E-state index contributed by atoms with van der Waals surface area (Å²) in [7, 11) is -2.32. The fraction of sp³-hybridized carbons (Fsp3) is 0.889. The summed E-state index contributed by atoms with van der Waals surface area (Å²) in [5.74, 6) is -1.56. The van der Waals surface area contributed by atoms with Crippen LogP contribution in [0.4, 0.5) is 0 Å². The third-order valence-electron chi connectivity index (χ3n) is 2.11. The van der Waals surface area contributed by atoms with E-state index >= 15 is 0 Å². The van der Waals surface area contributed by atoms with Gasteiger partial charge in [-0.25, -0.2) is 8.42 Å². The standard InChI is InChI=1S/C9H19NO4S/c1-9(2,3)7(10)5-15(12,13)6-8(11)14-4/h7H,5-6,10H2,1-4H3. The van der Waals surface area contributed by atoms with Crippen molar-refractivity contribution in [2.24, 2.45) is 11.1 Å². The maximum Gasteiger partial charge on any atom is 0.320 e. The molecule has 1 unspecified atom stereocenters. The minimum absolute atomic E-state index is 0.203. The lowest BCUT2D eigenvalue weighted by Crippen LogP contribution is -2.42. The predicted octanol–water partition coefficient (Wildman–Crippen LogP) is -0.0524. The second-order valence-corrected chi connectivity index (χ2v) is 6.71. The summed E-state index contributed by atoms with van der Waals surface area (Å²) >= 11 is 0. The van der Waals surface area contributed by atoms with E-state index in [2.05, 4.69) is 4.74 Å². The fourth-order valence-corrected chi connectivity index (χ4v) is 2.46. The Morgan fingerprint density at radius 3 is 2.20 bits per heavy atom. The van der Waals surface area contributed by atoms with E-state index in [-0.39, 0.29) is 11.2 Å². The average molecular weight is 237 g/mol. The van der Waals surface area contributed by atoms with Crippen LogP contribution in [0.3, 0.4) is 0 Å². The van der Waals surface area contributed by atoms with Crippen LogP contribution in [0.2, 0.25) is 0 Å². The molecule has 0 aromatic rings. The van der Waals surface area contributed by atoms with Crippen molar-refractivity contribution in [2.75, 3.05) is 18.6 Å². The van der Waals surface area contributed by atoms with E-state index in [1.807, 2.05) is 20.8 Å². The van der Waals surface area contributed by atoms with Crippen LogP contribution in [0.5, 0.6) is 0 Å². The molecule has 6 heteroatoms. The summed E-state index contributed by atoms with van der Waals surface area (Å²) in [5, 5.41) is 0. The summed E-state index contributed by atoms with van der Waals surface area (Å²) < 4.78 is 27.2. The van der Waals surface area contributed by atoms with Gasteiger partial charge in [-0.05, 0) is 5.41 Å². The topological polar surface area (TPSA) is 86.5 Å². The number of hydrogen-bond donors (Lipinski definition) is 1. The van der Waals surface area contributed by atoms with Gasteiger partial charge in [0.15, 0.2) is 9.84 Å². The van der Waals surface area contributed by atoms with Gasteiger partial charge in [0.1, 0.15) is 5.75 Å². The normalized spacial score (nSPS) is 14.7. The molecule has 0 heterocycles. The van der Waals surface area contributed by atoms with E-state index in [1.165, 1.54) is 0 Å². The molecule has 2 N–H and O–H groups in total. The van der Waals surface area contributed by atoms with E-state index in [9.17, 15) is 13.2 Å². The highest BCUT2D eigenvalue weighted by molar-refractivity contribution is 7.92. The van der Waals surface area contributed by atoms with Crippen molar-refractivity contribution >= 4 is 15.8 Å². The molecule has 0 radical (unpaired) electrons. The van der Waals surface area contributed by atoms with Gasteiger partial charge < -0.3 is 10.5 Å². The summed E-state index contributed by atoms with van der Waals surface area (Å²) in [4.78, 5) is 10.8. The first kappa shape index (κ1) is 14.4. The molecule has 0 amide bonds. The molecule has 0 saturated carbocycles. The van der Waals surface area contributed by atoms with Crippen molar-refractivity contribution in [3.8, 4) is 0 Å². The number of carbonyl (C=O) groups is 1. The first-order chi connectivity index (χ1) is 6.58. The SMILES string of the molecule is COC(=O)CS(=O)(=O)CC(N)C(C)(C)C. The van der Waals surface area contributed by atoms with Gasteiger partial charge >= 0.3 is 5.97 Å². The number of carbonyl (C=O) groups excluding carboxylic acids is 1. The average Bonchev–Trinajstić information content (AvgIpc) is 2.00. The quantitative estimate of drug-likeness (QED) is 0.693. The number of sulfone groups is 1. The zero-order valence-corrected chi connectivity index (χ0v) is 10.4. The maximum atomic E-state index is 11.5. The Balaban J connectivity index is 4.46. The number of rotatable bonds is 4. The molecule has 90 valence electrons. The molecule has 0 aliphatic rings. The van der Waals surface area contributed by atoms with Crippen molar-refractivity contribution in [2.45, 2.75) is 26.8 Å². The number of hydrogen-bond acceptors (Lipinski definition) is 5. The molecule has 0 bridgehead atoms. The van der Waals surface area contributed by atoms with E-state index in [0.29, 0.717) is 0 Å². The summed E-state index contributed by atoms with van der Waals surface area (Å²) in [5.41, 5.74) is 5.42. The molecule has 0 saturated heterocycles. The van der Waals surface area contributed by atoms with Gasteiger partial charge in [-0.3, -0.25) is 4.79 Å². The van der Waals surface area contributed by atoms with E-state index in [0.717, 1.165) is 7.11 Å². The van der Waals surface area contributed by atoms with Crippen molar-refractivity contribution in [1.29, 1.82) is 0 Å². The van der Waals surface area contributed by atoms with Crippen LogP contribution < -0.4 is 5.73 Å². The van der Waals surface area contributed by atoms with Crippen LogP contribution in [0.15, 0.2) is 0 Å². The molecule has 0 rings (SSSR count). The van der Waals surface area contributed by atoms with Crippen LogP contribution in [-0.4, -0.2) is 39.0 Å². The summed E-state index contributed by atoms with van der Waals surface area (Å²) in [6.07, 6.45) is 0. The largest absolute Gasteiger partial charge is 0.468 e. The molecule has 0 spiro atoms. The van der Waals surface area contributed by atoms with Crippen molar-refractivity contribution in [1.82, 2.24) is 0 Å². The van der Waals surface area contributed by atoms with Gasteiger partial charge in [-0.15, -0.1) is 0 Å². The molecule has 5 nitrogen and oxygen atoms in total. The molecule has 0 fully saturated rings. The Morgan fingerprint density at radius 2 is 1.87 bits per heavy atom. The third kappa shape index (κ3) is 5.74. The van der Waals surface area contributed by atoms with Crippen molar-refractivity contribution < 1.29 is 17.9 Å². The highest BCUT2D eigenvalue weighted by Gasteiger charge is 2.27. The number of esters is 1. The second kappa shape index (κ2) is 4.94. The Kier molecular flexibility index (Phi) is 4.73. The Morgan fingerprint density at radius 1 is 1.40 bits per heavy atom. The molecule has 1 atom stereocenters. The predicted molar refractivity (Wildman–Crippen MR) is 58.1 cm³/mol.